The first-order chi connectivity index (χ1) is 9.49. The van der Waals surface area contributed by atoms with Gasteiger partial charge in [0.15, 0.2) is 0 Å². The van der Waals surface area contributed by atoms with Crippen molar-refractivity contribution in [3.05, 3.63) is 0 Å². The van der Waals surface area contributed by atoms with Crippen LogP contribution >= 0.6 is 0 Å². The molecule has 10 heteroatoms. The molecule has 0 bridgehead atoms. The Morgan fingerprint density at radius 2 is 0.750 bits per heavy atom. The summed E-state index contributed by atoms with van der Waals surface area (Å²) in [6, 6.07) is 0. The van der Waals surface area contributed by atoms with Gasteiger partial charge in [-0.2, -0.15) is 0 Å². The molecule has 0 unspecified atom stereocenters. The predicted octanol–water partition coefficient (Wildman–Crippen LogP) is -3.75. The largest absolute Gasteiger partial charge is 0.394 e. The maximum absolute atomic E-state index is 8.78. The monoisotopic (exact) mass is 300 g/mol. The minimum Gasteiger partial charge on any atom is -0.394 e. The molecule has 0 rings (SSSR count). The van der Waals surface area contributed by atoms with Gasteiger partial charge < -0.3 is 39.4 Å². The van der Waals surface area contributed by atoms with Gasteiger partial charge in [-0.05, 0) is 0 Å². The van der Waals surface area contributed by atoms with Gasteiger partial charge in [-0.3, -0.25) is 11.5 Å². The molecular weight excluding hydrogens is 276 g/mol. The summed E-state index contributed by atoms with van der Waals surface area (Å²) < 4.78 is 20.4. The number of aliphatic hydroxyl groups is 4. The van der Waals surface area contributed by atoms with Gasteiger partial charge in [-0.15, -0.1) is 0 Å². The van der Waals surface area contributed by atoms with Gasteiger partial charge in [-0.25, -0.2) is 0 Å². The van der Waals surface area contributed by atoms with Gasteiger partial charge in [0.05, 0.1) is 52.9 Å². The Bertz CT molecular complexity index is 203. The van der Waals surface area contributed by atoms with Crippen molar-refractivity contribution in [3.63, 3.8) is 0 Å². The van der Waals surface area contributed by atoms with Crippen molar-refractivity contribution in [2.24, 2.45) is 11.5 Å². The van der Waals surface area contributed by atoms with Crippen LogP contribution in [0.1, 0.15) is 0 Å². The van der Waals surface area contributed by atoms with Crippen LogP contribution in [0, 0.1) is 0 Å². The van der Waals surface area contributed by atoms with E-state index in [1.807, 2.05) is 0 Å². The smallest absolute Gasteiger partial charge is 0.298 e. The number of rotatable bonds is 13. The van der Waals surface area contributed by atoms with Gasteiger partial charge >= 0.3 is 0 Å². The van der Waals surface area contributed by atoms with E-state index in [1.165, 1.54) is 0 Å². The minimum absolute atomic E-state index is 0.230. The molecule has 0 aliphatic rings. The Balaban J connectivity index is 5.02. The van der Waals surface area contributed by atoms with E-state index < -0.39 is 11.8 Å². The SMILES string of the molecule is NC(OCCO)(OCCO)C(N)(OCCO)OCCO. The summed E-state index contributed by atoms with van der Waals surface area (Å²) in [5, 5.41) is 35.1. The molecule has 0 amide bonds. The molecule has 0 fully saturated rings. The average molecular weight is 300 g/mol. The number of nitrogens with two attached hydrogens (primary N) is 2. The van der Waals surface area contributed by atoms with E-state index in [0.717, 1.165) is 0 Å². The summed E-state index contributed by atoms with van der Waals surface area (Å²) >= 11 is 0. The zero-order chi connectivity index (χ0) is 15.5. The fourth-order valence-electron chi connectivity index (χ4n) is 1.27. The first-order valence-corrected chi connectivity index (χ1v) is 6.06. The molecule has 0 atom stereocenters. The molecular formula is C10H24N2O8. The topological polar surface area (TPSA) is 170 Å². The molecule has 0 aromatic carbocycles. The van der Waals surface area contributed by atoms with Crippen LogP contribution in [-0.4, -0.2) is 85.1 Å². The van der Waals surface area contributed by atoms with Crippen molar-refractivity contribution >= 4 is 0 Å². The molecule has 0 aromatic heterocycles. The van der Waals surface area contributed by atoms with Crippen LogP contribution in [-0.2, 0) is 18.9 Å². The molecule has 0 aliphatic carbocycles. The third kappa shape index (κ3) is 5.93. The molecule has 8 N–H and O–H groups in total. The number of ether oxygens (including phenoxy) is 4. The Morgan fingerprint density at radius 1 is 0.550 bits per heavy atom. The second-order valence-corrected chi connectivity index (χ2v) is 3.62. The number of aliphatic hydroxyl groups excluding tert-OH is 4. The number of hydrogen-bond donors (Lipinski definition) is 6. The van der Waals surface area contributed by atoms with E-state index in [1.54, 1.807) is 0 Å². The van der Waals surface area contributed by atoms with Crippen LogP contribution in [0.5, 0.6) is 0 Å². The summed E-state index contributed by atoms with van der Waals surface area (Å²) in [6.45, 7) is -2.38. The van der Waals surface area contributed by atoms with Crippen molar-refractivity contribution in [1.82, 2.24) is 0 Å². The minimum atomic E-state index is -2.15. The summed E-state index contributed by atoms with van der Waals surface area (Å²) in [5.41, 5.74) is 11.7. The lowest BCUT2D eigenvalue weighted by atomic mass is 10.3. The summed E-state index contributed by atoms with van der Waals surface area (Å²) in [6.07, 6.45) is 0. The van der Waals surface area contributed by atoms with Crippen LogP contribution in [0.4, 0.5) is 0 Å². The first-order valence-electron chi connectivity index (χ1n) is 6.06. The Kier molecular flexibility index (Phi) is 10.1. The van der Waals surface area contributed by atoms with E-state index >= 15 is 0 Å². The van der Waals surface area contributed by atoms with E-state index in [9.17, 15) is 0 Å². The molecule has 0 aliphatic heterocycles. The third-order valence-corrected chi connectivity index (χ3v) is 2.12. The van der Waals surface area contributed by atoms with Crippen molar-refractivity contribution < 1.29 is 39.4 Å². The molecule has 0 spiro atoms. The highest BCUT2D eigenvalue weighted by Crippen LogP contribution is 2.24. The van der Waals surface area contributed by atoms with Gasteiger partial charge in [0, 0.05) is 0 Å². The normalized spacial score (nSPS) is 12.9. The molecule has 0 aromatic rings. The van der Waals surface area contributed by atoms with Gasteiger partial charge in [0.25, 0.3) is 11.8 Å². The molecule has 0 heterocycles. The lowest BCUT2D eigenvalue weighted by molar-refractivity contribution is -0.410. The molecule has 0 saturated carbocycles. The van der Waals surface area contributed by atoms with E-state index in [-0.39, 0.29) is 52.9 Å². The molecule has 10 nitrogen and oxygen atoms in total. The second-order valence-electron chi connectivity index (χ2n) is 3.62. The summed E-state index contributed by atoms with van der Waals surface area (Å²) in [7, 11) is 0. The first kappa shape index (κ1) is 19.6. The lowest BCUT2D eigenvalue weighted by Gasteiger charge is -2.42. The quantitative estimate of drug-likeness (QED) is 0.186. The summed E-state index contributed by atoms with van der Waals surface area (Å²) in [4.78, 5) is 0. The Hall–Kier alpha value is -0.400. The predicted molar refractivity (Wildman–Crippen MR) is 66.0 cm³/mol. The fourth-order valence-corrected chi connectivity index (χ4v) is 1.27. The molecule has 20 heavy (non-hydrogen) atoms. The Labute approximate surface area is 116 Å². The average Bonchev–Trinajstić information content (AvgIpc) is 2.46. The van der Waals surface area contributed by atoms with Crippen LogP contribution in [0.3, 0.4) is 0 Å². The number of hydrogen-bond acceptors (Lipinski definition) is 10. The zero-order valence-electron chi connectivity index (χ0n) is 11.2. The van der Waals surface area contributed by atoms with Crippen molar-refractivity contribution in [2.75, 3.05) is 52.9 Å². The highest BCUT2D eigenvalue weighted by molar-refractivity contribution is 4.80. The summed E-state index contributed by atoms with van der Waals surface area (Å²) in [5.74, 6) is -4.30. The van der Waals surface area contributed by atoms with Crippen molar-refractivity contribution in [1.29, 1.82) is 0 Å². The van der Waals surface area contributed by atoms with Crippen molar-refractivity contribution in [2.45, 2.75) is 11.8 Å². The van der Waals surface area contributed by atoms with Crippen LogP contribution in [0.25, 0.3) is 0 Å². The maximum Gasteiger partial charge on any atom is 0.298 e. The zero-order valence-corrected chi connectivity index (χ0v) is 11.2. The third-order valence-electron chi connectivity index (χ3n) is 2.12. The van der Waals surface area contributed by atoms with Crippen LogP contribution < -0.4 is 11.5 Å². The molecule has 122 valence electrons. The van der Waals surface area contributed by atoms with E-state index in [0.29, 0.717) is 0 Å². The van der Waals surface area contributed by atoms with E-state index in [4.69, 9.17) is 50.8 Å². The second kappa shape index (κ2) is 10.3. The van der Waals surface area contributed by atoms with Crippen molar-refractivity contribution in [3.8, 4) is 0 Å². The molecule has 0 saturated heterocycles. The van der Waals surface area contributed by atoms with Gasteiger partial charge in [0.2, 0.25) is 0 Å². The van der Waals surface area contributed by atoms with Gasteiger partial charge in [-0.1, -0.05) is 0 Å². The van der Waals surface area contributed by atoms with Gasteiger partial charge in [0.1, 0.15) is 0 Å². The van der Waals surface area contributed by atoms with Crippen LogP contribution in [0.15, 0.2) is 0 Å². The fraction of sp³-hybridized carbons (Fsp3) is 1.00. The highest BCUT2D eigenvalue weighted by atomic mass is 16.8. The Morgan fingerprint density at radius 3 is 0.900 bits per heavy atom. The highest BCUT2D eigenvalue weighted by Gasteiger charge is 2.52. The standard InChI is InChI=1S/C10H24N2O8/c11-9(17-5-1-13,18-6-2-14)10(12,19-7-3-15)20-8-4-16/h13-16H,1-8,11-12H2. The van der Waals surface area contributed by atoms with E-state index in [2.05, 4.69) is 0 Å². The molecule has 0 radical (unpaired) electrons. The maximum atomic E-state index is 8.78. The lowest BCUT2D eigenvalue weighted by Crippen LogP contribution is -2.72. The van der Waals surface area contributed by atoms with Crippen LogP contribution in [0.2, 0.25) is 0 Å².